The first-order valence-electron chi connectivity index (χ1n) is 11.0. The van der Waals surface area contributed by atoms with Crippen molar-refractivity contribution >= 4 is 33.2 Å². The molecule has 2 saturated heterocycles. The zero-order valence-electron chi connectivity index (χ0n) is 16.9. The Balaban J connectivity index is 1.32. The number of amides is 2. The van der Waals surface area contributed by atoms with Gasteiger partial charge < -0.3 is 9.80 Å². The second kappa shape index (κ2) is 8.07. The van der Waals surface area contributed by atoms with Gasteiger partial charge in [0.1, 0.15) is 0 Å². The zero-order chi connectivity index (χ0) is 19.8. The number of piperidine rings is 1. The Morgan fingerprint density at radius 3 is 2.24 bits per heavy atom. The molecule has 2 amide bonds. The number of thiophene rings is 1. The molecule has 0 atom stereocenters. The first-order valence-corrected chi connectivity index (χ1v) is 11.9. The summed E-state index contributed by atoms with van der Waals surface area (Å²) in [5, 5.41) is 2.90. The van der Waals surface area contributed by atoms with Gasteiger partial charge in [0.15, 0.2) is 0 Å². The fraction of sp³-hybridized carbons (Fsp3) is 0.565. The number of likely N-dealkylation sites (tertiary alicyclic amines) is 1. The van der Waals surface area contributed by atoms with Crippen molar-refractivity contribution in [1.29, 1.82) is 0 Å². The summed E-state index contributed by atoms with van der Waals surface area (Å²) in [4.78, 5) is 32.6. The second-order valence-corrected chi connectivity index (χ2v) is 9.54. The topological polar surface area (TPSA) is 43.9 Å². The Bertz CT molecular complexity index is 906. The molecule has 2 aliphatic heterocycles. The number of benzene rings is 1. The molecule has 154 valence electrons. The lowest BCUT2D eigenvalue weighted by atomic mass is 9.91. The van der Waals surface area contributed by atoms with Gasteiger partial charge in [-0.1, -0.05) is 6.42 Å². The summed E-state index contributed by atoms with van der Waals surface area (Å²) in [6.07, 6.45) is 7.37. The molecular weight excluding hydrogens is 382 g/mol. The van der Waals surface area contributed by atoms with Crippen LogP contribution in [0, 0.1) is 0 Å². The van der Waals surface area contributed by atoms with Gasteiger partial charge in [-0.25, -0.2) is 0 Å². The average Bonchev–Trinajstić information content (AvgIpc) is 3.16. The predicted molar refractivity (Wildman–Crippen MR) is 117 cm³/mol. The standard InChI is InChI=1S/C23H29N3O2S/c27-22(26-13-11-24(12-14-26)18-5-4-6-18)17-7-8-21-19(15-17)20(16-29-21)23(28)25-9-2-1-3-10-25/h7-8,15-16,18H,1-6,9-14H2. The Morgan fingerprint density at radius 1 is 0.828 bits per heavy atom. The van der Waals surface area contributed by atoms with Crippen molar-refractivity contribution in [3.63, 3.8) is 0 Å². The molecule has 0 bridgehead atoms. The lowest BCUT2D eigenvalue weighted by Gasteiger charge is -2.42. The summed E-state index contributed by atoms with van der Waals surface area (Å²) in [6.45, 7) is 5.26. The van der Waals surface area contributed by atoms with Crippen molar-refractivity contribution in [2.75, 3.05) is 39.3 Å². The van der Waals surface area contributed by atoms with Crippen molar-refractivity contribution < 1.29 is 9.59 Å². The summed E-state index contributed by atoms with van der Waals surface area (Å²) in [6, 6.07) is 6.63. The van der Waals surface area contributed by atoms with E-state index in [0.29, 0.717) is 5.56 Å². The van der Waals surface area contributed by atoms with E-state index < -0.39 is 0 Å². The van der Waals surface area contributed by atoms with E-state index >= 15 is 0 Å². The predicted octanol–water partition coefficient (Wildman–Crippen LogP) is 3.84. The summed E-state index contributed by atoms with van der Waals surface area (Å²) in [7, 11) is 0. The quantitative estimate of drug-likeness (QED) is 0.771. The molecule has 3 aliphatic rings. The summed E-state index contributed by atoms with van der Waals surface area (Å²) in [5.41, 5.74) is 1.47. The maximum Gasteiger partial charge on any atom is 0.255 e. The fourth-order valence-corrected chi connectivity index (χ4v) is 5.73. The van der Waals surface area contributed by atoms with Gasteiger partial charge in [-0.2, -0.15) is 0 Å². The molecule has 1 aromatic heterocycles. The van der Waals surface area contributed by atoms with E-state index in [4.69, 9.17) is 0 Å². The molecule has 29 heavy (non-hydrogen) atoms. The van der Waals surface area contributed by atoms with Crippen LogP contribution in [0.3, 0.4) is 0 Å². The number of fused-ring (bicyclic) bond motifs is 1. The van der Waals surface area contributed by atoms with Crippen LogP contribution in [0.5, 0.6) is 0 Å². The van der Waals surface area contributed by atoms with Crippen LogP contribution in [0.25, 0.3) is 10.1 Å². The van der Waals surface area contributed by atoms with Gasteiger partial charge in [0.25, 0.3) is 11.8 Å². The lowest BCUT2D eigenvalue weighted by molar-refractivity contribution is 0.0455. The SMILES string of the molecule is O=C(c1ccc2scc(C(=O)N3CCCCC3)c2c1)N1CCN(C2CCC2)CC1. The second-order valence-electron chi connectivity index (χ2n) is 8.63. The Hall–Kier alpha value is -1.92. The monoisotopic (exact) mass is 411 g/mol. The van der Waals surface area contributed by atoms with Crippen LogP contribution in [-0.2, 0) is 0 Å². The summed E-state index contributed by atoms with van der Waals surface area (Å²) >= 11 is 1.60. The Kier molecular flexibility index (Phi) is 5.31. The third kappa shape index (κ3) is 3.68. The molecule has 5 rings (SSSR count). The van der Waals surface area contributed by atoms with Crippen LogP contribution in [0.1, 0.15) is 59.2 Å². The van der Waals surface area contributed by atoms with E-state index in [0.717, 1.165) is 73.8 Å². The van der Waals surface area contributed by atoms with Crippen molar-refractivity contribution in [2.45, 2.75) is 44.6 Å². The maximum atomic E-state index is 13.1. The number of carbonyl (C=O) groups excluding carboxylic acids is 2. The van der Waals surface area contributed by atoms with E-state index in [1.165, 1.54) is 25.7 Å². The van der Waals surface area contributed by atoms with Crippen molar-refractivity contribution in [3.05, 3.63) is 34.7 Å². The van der Waals surface area contributed by atoms with Crippen molar-refractivity contribution in [2.24, 2.45) is 0 Å². The Labute approximate surface area is 176 Å². The number of hydrogen-bond acceptors (Lipinski definition) is 4. The smallest absolute Gasteiger partial charge is 0.255 e. The highest BCUT2D eigenvalue weighted by Crippen LogP contribution is 2.30. The number of nitrogens with zero attached hydrogens (tertiary/aromatic N) is 3. The van der Waals surface area contributed by atoms with Gasteiger partial charge in [-0.05, 0) is 50.3 Å². The first kappa shape index (κ1) is 19.1. The largest absolute Gasteiger partial charge is 0.339 e. The highest BCUT2D eigenvalue weighted by Gasteiger charge is 2.30. The minimum atomic E-state index is 0.0998. The minimum Gasteiger partial charge on any atom is -0.339 e. The van der Waals surface area contributed by atoms with Gasteiger partial charge in [0.05, 0.1) is 5.56 Å². The van der Waals surface area contributed by atoms with Crippen LogP contribution in [-0.4, -0.2) is 71.8 Å². The number of hydrogen-bond donors (Lipinski definition) is 0. The number of carbonyl (C=O) groups is 2. The van der Waals surface area contributed by atoms with Crippen LogP contribution in [0.15, 0.2) is 23.6 Å². The van der Waals surface area contributed by atoms with E-state index in [1.54, 1.807) is 11.3 Å². The third-order valence-electron chi connectivity index (χ3n) is 6.89. The molecule has 2 aromatic rings. The van der Waals surface area contributed by atoms with Gasteiger partial charge >= 0.3 is 0 Å². The summed E-state index contributed by atoms with van der Waals surface area (Å²) in [5.74, 6) is 0.220. The van der Waals surface area contributed by atoms with Crippen molar-refractivity contribution in [1.82, 2.24) is 14.7 Å². The molecule has 6 heteroatoms. The van der Waals surface area contributed by atoms with Crippen LogP contribution >= 0.6 is 11.3 Å². The molecule has 3 fully saturated rings. The molecule has 0 radical (unpaired) electrons. The van der Waals surface area contributed by atoms with Crippen LogP contribution in [0.4, 0.5) is 0 Å². The third-order valence-corrected chi connectivity index (χ3v) is 7.85. The van der Waals surface area contributed by atoms with Gasteiger partial charge in [-0.15, -0.1) is 11.3 Å². The van der Waals surface area contributed by atoms with E-state index in [-0.39, 0.29) is 11.8 Å². The number of rotatable bonds is 3. The molecule has 1 aliphatic carbocycles. The van der Waals surface area contributed by atoms with E-state index in [1.807, 2.05) is 33.4 Å². The number of piperazine rings is 1. The summed E-state index contributed by atoms with van der Waals surface area (Å²) < 4.78 is 1.08. The van der Waals surface area contributed by atoms with Crippen molar-refractivity contribution in [3.8, 4) is 0 Å². The van der Waals surface area contributed by atoms with Gasteiger partial charge in [-0.3, -0.25) is 14.5 Å². The molecule has 3 heterocycles. The first-order chi connectivity index (χ1) is 14.2. The normalized spacial score (nSPS) is 21.4. The molecule has 1 aromatic carbocycles. The van der Waals surface area contributed by atoms with Crippen LogP contribution < -0.4 is 0 Å². The Morgan fingerprint density at radius 2 is 1.55 bits per heavy atom. The van der Waals surface area contributed by atoms with Gasteiger partial charge in [0, 0.05) is 66.3 Å². The van der Waals surface area contributed by atoms with E-state index in [2.05, 4.69) is 4.90 Å². The maximum absolute atomic E-state index is 13.1. The molecular formula is C23H29N3O2S. The minimum absolute atomic E-state index is 0.0998. The molecule has 0 N–H and O–H groups in total. The fourth-order valence-electron chi connectivity index (χ4n) is 4.82. The van der Waals surface area contributed by atoms with Crippen LogP contribution in [0.2, 0.25) is 0 Å². The molecule has 1 saturated carbocycles. The zero-order valence-corrected chi connectivity index (χ0v) is 17.8. The molecule has 5 nitrogen and oxygen atoms in total. The highest BCUT2D eigenvalue weighted by molar-refractivity contribution is 7.17. The van der Waals surface area contributed by atoms with Gasteiger partial charge in [0.2, 0.25) is 0 Å². The molecule has 0 spiro atoms. The molecule has 0 unspecified atom stereocenters. The average molecular weight is 412 g/mol. The highest BCUT2D eigenvalue weighted by atomic mass is 32.1. The van der Waals surface area contributed by atoms with E-state index in [9.17, 15) is 9.59 Å². The lowest BCUT2D eigenvalue weighted by Crippen LogP contribution is -2.53.